The first-order chi connectivity index (χ1) is 16.6. The fourth-order valence-corrected chi connectivity index (χ4v) is 5.84. The van der Waals surface area contributed by atoms with Crippen molar-refractivity contribution in [1.82, 2.24) is 0 Å². The zero-order valence-electron chi connectivity index (χ0n) is 18.2. The van der Waals surface area contributed by atoms with Crippen molar-refractivity contribution in [3.63, 3.8) is 0 Å². The molecule has 5 nitrogen and oxygen atoms in total. The van der Waals surface area contributed by atoms with Gasteiger partial charge in [-0.05, 0) is 40.5 Å². The molecular weight excluding hydrogens is 426 g/mol. The molecule has 2 amide bonds. The van der Waals surface area contributed by atoms with Crippen molar-refractivity contribution in [3.8, 4) is 0 Å². The summed E-state index contributed by atoms with van der Waals surface area (Å²) >= 11 is 0. The molecule has 166 valence electrons. The Bertz CT molecular complexity index is 1310. The van der Waals surface area contributed by atoms with Crippen molar-refractivity contribution in [3.05, 3.63) is 119 Å². The minimum atomic E-state index is -1.09. The third-order valence-corrected chi connectivity index (χ3v) is 7.18. The van der Waals surface area contributed by atoms with Crippen molar-refractivity contribution in [2.45, 2.75) is 0 Å². The van der Waals surface area contributed by atoms with E-state index in [1.807, 2.05) is 36.4 Å². The summed E-state index contributed by atoms with van der Waals surface area (Å²) in [4.78, 5) is 39.8. The number of carboxylic acid groups (broad SMARTS) is 1. The monoisotopic (exact) mass is 447 g/mol. The van der Waals surface area contributed by atoms with Crippen molar-refractivity contribution >= 4 is 29.0 Å². The van der Waals surface area contributed by atoms with Crippen LogP contribution in [0.5, 0.6) is 0 Å². The Labute approximate surface area is 196 Å². The van der Waals surface area contributed by atoms with Gasteiger partial charge in [-0.1, -0.05) is 78.9 Å². The highest BCUT2D eigenvalue weighted by Gasteiger charge is 2.62. The topological polar surface area (TPSA) is 74.7 Å². The third-order valence-electron chi connectivity index (χ3n) is 7.18. The molecule has 2 aliphatic carbocycles. The first-order valence-electron chi connectivity index (χ1n) is 11.3. The minimum absolute atomic E-state index is 0.0484. The van der Waals surface area contributed by atoms with Gasteiger partial charge in [-0.15, -0.1) is 0 Å². The Hall–Kier alpha value is -4.25. The van der Waals surface area contributed by atoms with E-state index in [-0.39, 0.29) is 29.2 Å². The van der Waals surface area contributed by atoms with Gasteiger partial charge in [0, 0.05) is 11.8 Å². The minimum Gasteiger partial charge on any atom is -0.478 e. The van der Waals surface area contributed by atoms with E-state index in [1.54, 1.807) is 12.1 Å². The Morgan fingerprint density at radius 3 is 1.68 bits per heavy atom. The van der Waals surface area contributed by atoms with Gasteiger partial charge < -0.3 is 5.11 Å². The predicted octanol–water partition coefficient (Wildman–Crippen LogP) is 4.81. The fraction of sp³-hybridized carbons (Fsp3) is 0.138. The van der Waals surface area contributed by atoms with E-state index in [2.05, 4.69) is 36.4 Å². The predicted molar refractivity (Wildman–Crippen MR) is 128 cm³/mol. The van der Waals surface area contributed by atoms with Crippen LogP contribution in [0.2, 0.25) is 0 Å². The number of imide groups is 1. The lowest BCUT2D eigenvalue weighted by Gasteiger charge is -2.21. The highest BCUT2D eigenvalue weighted by Crippen LogP contribution is 2.58. The summed E-state index contributed by atoms with van der Waals surface area (Å²) in [5, 5.41) is 9.35. The van der Waals surface area contributed by atoms with Gasteiger partial charge in [0.25, 0.3) is 0 Å². The maximum absolute atomic E-state index is 13.6. The number of benzene rings is 3. The van der Waals surface area contributed by atoms with E-state index in [9.17, 15) is 19.5 Å². The number of aromatic carboxylic acids is 1. The van der Waals surface area contributed by atoms with Crippen LogP contribution in [0.15, 0.2) is 103 Å². The van der Waals surface area contributed by atoms with Crippen LogP contribution in [0.4, 0.5) is 5.69 Å². The van der Waals surface area contributed by atoms with Crippen LogP contribution >= 0.6 is 0 Å². The van der Waals surface area contributed by atoms with Gasteiger partial charge in [0.05, 0.1) is 23.1 Å². The molecule has 1 saturated carbocycles. The number of hydrogen-bond donors (Lipinski definition) is 1. The number of nitrogens with zero attached hydrogens (tertiary/aromatic N) is 1. The normalized spacial score (nSPS) is 24.6. The van der Waals surface area contributed by atoms with E-state index < -0.39 is 17.8 Å². The highest BCUT2D eigenvalue weighted by atomic mass is 16.4. The molecule has 34 heavy (non-hydrogen) atoms. The second-order valence-corrected chi connectivity index (χ2v) is 8.92. The average molecular weight is 447 g/mol. The van der Waals surface area contributed by atoms with Crippen molar-refractivity contribution in [1.29, 1.82) is 0 Å². The smallest absolute Gasteiger partial charge is 0.335 e. The number of anilines is 1. The summed E-state index contributed by atoms with van der Waals surface area (Å²) in [6.45, 7) is 0. The summed E-state index contributed by atoms with van der Waals surface area (Å²) in [6, 6.07) is 26.2. The lowest BCUT2D eigenvalue weighted by Crippen LogP contribution is -2.33. The number of fused-ring (bicyclic) bond motifs is 5. The maximum atomic E-state index is 13.6. The molecule has 1 N–H and O–H groups in total. The number of allylic oxidation sites excluding steroid dienone is 3. The number of carbonyl (C=O) groups is 3. The van der Waals surface area contributed by atoms with E-state index in [0.29, 0.717) is 5.69 Å². The summed E-state index contributed by atoms with van der Waals surface area (Å²) in [7, 11) is 0. The Morgan fingerprint density at radius 1 is 0.676 bits per heavy atom. The van der Waals surface area contributed by atoms with Crippen LogP contribution in [0.3, 0.4) is 0 Å². The van der Waals surface area contributed by atoms with Crippen LogP contribution in [0, 0.1) is 23.7 Å². The molecule has 1 aliphatic heterocycles. The van der Waals surface area contributed by atoms with E-state index in [1.165, 1.54) is 17.0 Å². The van der Waals surface area contributed by atoms with Gasteiger partial charge in [-0.2, -0.15) is 0 Å². The molecule has 0 radical (unpaired) electrons. The SMILES string of the molecule is O=C(O)c1cccc(N2C(=O)[C@H]3[C@H](C2=O)[C@@H]2C=C[C@@H]3C2=C(c2ccccc2)c2ccccc2)c1. The Morgan fingerprint density at radius 2 is 1.18 bits per heavy atom. The number of carboxylic acids is 1. The molecule has 3 aromatic rings. The third kappa shape index (κ3) is 2.90. The summed E-state index contributed by atoms with van der Waals surface area (Å²) in [6.07, 6.45) is 4.13. The molecule has 0 aromatic heterocycles. The zero-order chi connectivity index (χ0) is 23.4. The fourth-order valence-electron chi connectivity index (χ4n) is 5.84. The number of amides is 2. The Balaban J connectivity index is 1.47. The average Bonchev–Trinajstić information content (AvgIpc) is 3.50. The van der Waals surface area contributed by atoms with Gasteiger partial charge in [-0.25, -0.2) is 9.69 Å². The lowest BCUT2D eigenvalue weighted by atomic mass is 9.85. The van der Waals surface area contributed by atoms with Crippen LogP contribution < -0.4 is 4.90 Å². The molecule has 2 fully saturated rings. The van der Waals surface area contributed by atoms with Gasteiger partial charge >= 0.3 is 5.97 Å². The molecule has 6 rings (SSSR count). The molecule has 1 saturated heterocycles. The van der Waals surface area contributed by atoms with E-state index in [0.717, 1.165) is 22.3 Å². The lowest BCUT2D eigenvalue weighted by molar-refractivity contribution is -0.122. The summed E-state index contributed by atoms with van der Waals surface area (Å²) in [5.41, 5.74) is 4.69. The molecule has 3 aliphatic rings. The number of hydrogen-bond acceptors (Lipinski definition) is 3. The van der Waals surface area contributed by atoms with Crippen LogP contribution in [0.1, 0.15) is 21.5 Å². The van der Waals surface area contributed by atoms with E-state index >= 15 is 0 Å². The molecule has 3 aromatic carbocycles. The first-order valence-corrected chi connectivity index (χ1v) is 11.3. The second-order valence-electron chi connectivity index (χ2n) is 8.92. The Kier molecular flexibility index (Phi) is 4.59. The maximum Gasteiger partial charge on any atom is 0.335 e. The van der Waals surface area contributed by atoms with Crippen LogP contribution in [0.25, 0.3) is 5.57 Å². The standard InChI is InChI=1S/C29H21NO4/c31-27-25-21-14-15-22(26(25)28(32)30(27)20-13-7-12-19(16-20)29(33)34)24(21)23(17-8-3-1-4-9-17)18-10-5-2-6-11-18/h1-16,21-22,25-26H,(H,33,34)/t21-,22-,25-,26-/m1/s1. The molecule has 0 unspecified atom stereocenters. The van der Waals surface area contributed by atoms with Crippen molar-refractivity contribution in [2.24, 2.45) is 23.7 Å². The molecule has 5 heteroatoms. The largest absolute Gasteiger partial charge is 0.478 e. The van der Waals surface area contributed by atoms with Crippen molar-refractivity contribution < 1.29 is 19.5 Å². The molecule has 2 bridgehead atoms. The highest BCUT2D eigenvalue weighted by molar-refractivity contribution is 6.23. The van der Waals surface area contributed by atoms with Gasteiger partial charge in [0.2, 0.25) is 11.8 Å². The zero-order valence-corrected chi connectivity index (χ0v) is 18.2. The summed E-state index contributed by atoms with van der Waals surface area (Å²) < 4.78 is 0. The van der Waals surface area contributed by atoms with Gasteiger partial charge in [-0.3, -0.25) is 9.59 Å². The summed E-state index contributed by atoms with van der Waals surface area (Å²) in [5.74, 6) is -2.91. The van der Waals surface area contributed by atoms with E-state index in [4.69, 9.17) is 0 Å². The van der Waals surface area contributed by atoms with Gasteiger partial charge in [0.1, 0.15) is 0 Å². The second kappa shape index (κ2) is 7.66. The molecular formula is C29H21NO4. The molecule has 1 heterocycles. The van der Waals surface area contributed by atoms with Crippen LogP contribution in [-0.2, 0) is 9.59 Å². The number of carbonyl (C=O) groups excluding carboxylic acids is 2. The molecule has 4 atom stereocenters. The molecule has 0 spiro atoms. The first kappa shape index (κ1) is 20.4. The van der Waals surface area contributed by atoms with Crippen LogP contribution in [-0.4, -0.2) is 22.9 Å². The van der Waals surface area contributed by atoms with Gasteiger partial charge in [0.15, 0.2) is 0 Å². The number of rotatable bonds is 4. The van der Waals surface area contributed by atoms with Crippen molar-refractivity contribution in [2.75, 3.05) is 4.90 Å². The quantitative estimate of drug-likeness (QED) is 0.460.